The first-order chi connectivity index (χ1) is 11.1. The van der Waals surface area contributed by atoms with Gasteiger partial charge in [0.05, 0.1) is 15.8 Å². The van der Waals surface area contributed by atoms with Gasteiger partial charge < -0.3 is 10.2 Å². The van der Waals surface area contributed by atoms with E-state index < -0.39 is 0 Å². The Labute approximate surface area is 144 Å². The third kappa shape index (κ3) is 4.02. The number of benzene rings is 2. The maximum Gasteiger partial charge on any atom is 0.181 e. The maximum atomic E-state index is 13.5. The number of hydrogen-bond donors (Lipinski definition) is 1. The van der Waals surface area contributed by atoms with E-state index in [1.807, 2.05) is 17.4 Å². The average Bonchev–Trinajstić information content (AvgIpc) is 3.01. The maximum absolute atomic E-state index is 13.5. The van der Waals surface area contributed by atoms with E-state index >= 15 is 0 Å². The molecule has 3 nitrogen and oxygen atoms in total. The van der Waals surface area contributed by atoms with E-state index in [0.29, 0.717) is 35.1 Å². The molecule has 0 saturated heterocycles. The zero-order chi connectivity index (χ0) is 16.2. The minimum absolute atomic E-state index is 0.0220. The highest BCUT2D eigenvalue weighted by Crippen LogP contribution is 2.25. The fraction of sp³-hybridized carbons (Fsp3) is 0.235. The fourth-order valence-corrected chi connectivity index (χ4v) is 2.79. The minimum Gasteiger partial charge on any atom is -0.386 e. The summed E-state index contributed by atoms with van der Waals surface area (Å²) < 4.78 is 13.5. The van der Waals surface area contributed by atoms with Crippen molar-refractivity contribution in [3.63, 3.8) is 0 Å². The summed E-state index contributed by atoms with van der Waals surface area (Å²) in [5.74, 6) is -0.177. The van der Waals surface area contributed by atoms with E-state index in [-0.39, 0.29) is 11.9 Å². The Morgan fingerprint density at radius 1 is 1.17 bits per heavy atom. The Balaban J connectivity index is 1.51. The molecule has 1 heterocycles. The molecule has 3 rings (SSSR count). The Kier molecular flexibility index (Phi) is 5.16. The normalized spacial score (nSPS) is 17.0. The molecule has 23 heavy (non-hydrogen) atoms. The van der Waals surface area contributed by atoms with Crippen LogP contribution in [0.15, 0.2) is 47.6 Å². The Hall–Kier alpha value is -1.62. The highest BCUT2D eigenvalue weighted by molar-refractivity contribution is 6.42. The Morgan fingerprint density at radius 3 is 2.78 bits per heavy atom. The van der Waals surface area contributed by atoms with Gasteiger partial charge in [0.15, 0.2) is 6.10 Å². The monoisotopic (exact) mass is 353 g/mol. The summed E-state index contributed by atoms with van der Waals surface area (Å²) in [5, 5.41) is 7.17. The van der Waals surface area contributed by atoms with Crippen LogP contribution in [0.5, 0.6) is 0 Å². The van der Waals surface area contributed by atoms with E-state index in [9.17, 15) is 4.39 Å². The molecule has 0 fully saturated rings. The number of quaternary nitrogens is 1. The molecule has 0 bridgehead atoms. The zero-order valence-electron chi connectivity index (χ0n) is 12.3. The molecule has 2 N–H and O–H groups in total. The van der Waals surface area contributed by atoms with Gasteiger partial charge in [-0.2, -0.15) is 0 Å². The Morgan fingerprint density at radius 2 is 2.00 bits per heavy atom. The van der Waals surface area contributed by atoms with Gasteiger partial charge in [-0.3, -0.25) is 0 Å². The topological polar surface area (TPSA) is 38.2 Å². The summed E-state index contributed by atoms with van der Waals surface area (Å²) in [5.41, 5.74) is 2.46. The van der Waals surface area contributed by atoms with E-state index in [1.54, 1.807) is 24.3 Å². The largest absolute Gasteiger partial charge is 0.386 e. The van der Waals surface area contributed by atoms with Gasteiger partial charge in [0, 0.05) is 17.5 Å². The summed E-state index contributed by atoms with van der Waals surface area (Å²) in [6.45, 7) is 1.29. The van der Waals surface area contributed by atoms with Crippen molar-refractivity contribution in [2.24, 2.45) is 5.16 Å². The molecule has 1 atom stereocenters. The standard InChI is InChI=1S/C17H15Cl2FN2O/c18-14-6-5-11(7-15(14)19)17-8-13(23-22-17)10-21-9-12-3-1-2-4-16(12)20/h1-7,13,21H,8-10H2/p+1/t13-/m0/s1. The lowest BCUT2D eigenvalue weighted by atomic mass is 10.1. The van der Waals surface area contributed by atoms with Crippen LogP contribution in [-0.4, -0.2) is 18.4 Å². The first-order valence-corrected chi connectivity index (χ1v) is 8.12. The van der Waals surface area contributed by atoms with Crippen molar-refractivity contribution in [2.45, 2.75) is 19.1 Å². The van der Waals surface area contributed by atoms with Crippen LogP contribution in [-0.2, 0) is 11.4 Å². The predicted octanol–water partition coefficient (Wildman–Crippen LogP) is 3.39. The summed E-state index contributed by atoms with van der Waals surface area (Å²) >= 11 is 11.9. The summed E-state index contributed by atoms with van der Waals surface area (Å²) in [4.78, 5) is 5.45. The summed E-state index contributed by atoms with van der Waals surface area (Å²) in [6, 6.07) is 12.2. The number of nitrogens with two attached hydrogens (primary N) is 1. The van der Waals surface area contributed by atoms with E-state index in [4.69, 9.17) is 28.0 Å². The SMILES string of the molecule is Fc1ccccc1C[NH2+]C[C@@H]1CC(c2ccc(Cl)c(Cl)c2)=NO1. The van der Waals surface area contributed by atoms with Crippen LogP contribution in [0.1, 0.15) is 17.5 Å². The van der Waals surface area contributed by atoms with Gasteiger partial charge in [-0.05, 0) is 18.2 Å². The van der Waals surface area contributed by atoms with Crippen molar-refractivity contribution < 1.29 is 14.5 Å². The minimum atomic E-state index is -0.177. The summed E-state index contributed by atoms with van der Waals surface area (Å²) in [6.07, 6.45) is 0.678. The highest BCUT2D eigenvalue weighted by atomic mass is 35.5. The molecule has 0 aromatic heterocycles. The molecule has 0 saturated carbocycles. The lowest BCUT2D eigenvalue weighted by Crippen LogP contribution is -2.84. The third-order valence-electron chi connectivity index (χ3n) is 3.74. The second-order valence-electron chi connectivity index (χ2n) is 5.42. The molecule has 2 aromatic carbocycles. The average molecular weight is 354 g/mol. The van der Waals surface area contributed by atoms with Crippen LogP contribution < -0.4 is 5.32 Å². The van der Waals surface area contributed by atoms with Gasteiger partial charge in [-0.25, -0.2) is 4.39 Å². The van der Waals surface area contributed by atoms with Crippen LogP contribution >= 0.6 is 23.2 Å². The number of rotatable bonds is 5. The number of nitrogens with zero attached hydrogens (tertiary/aromatic N) is 1. The molecule has 0 radical (unpaired) electrons. The first kappa shape index (κ1) is 16.2. The van der Waals surface area contributed by atoms with Crippen molar-refractivity contribution >= 4 is 28.9 Å². The van der Waals surface area contributed by atoms with E-state index in [1.165, 1.54) is 6.07 Å². The molecule has 1 aliphatic rings. The van der Waals surface area contributed by atoms with Gasteiger partial charge in [0.1, 0.15) is 18.9 Å². The van der Waals surface area contributed by atoms with Crippen LogP contribution in [0.2, 0.25) is 10.0 Å². The van der Waals surface area contributed by atoms with Gasteiger partial charge in [0.2, 0.25) is 0 Å². The van der Waals surface area contributed by atoms with Gasteiger partial charge in [0.25, 0.3) is 0 Å². The molecule has 1 aliphatic heterocycles. The Bertz CT molecular complexity index is 736. The first-order valence-electron chi connectivity index (χ1n) is 7.36. The highest BCUT2D eigenvalue weighted by Gasteiger charge is 2.24. The van der Waals surface area contributed by atoms with Crippen molar-refractivity contribution in [3.05, 3.63) is 69.5 Å². The second kappa shape index (κ2) is 7.30. The predicted molar refractivity (Wildman–Crippen MR) is 89.4 cm³/mol. The molecule has 0 spiro atoms. The quantitative estimate of drug-likeness (QED) is 0.878. The van der Waals surface area contributed by atoms with Crippen molar-refractivity contribution in [1.29, 1.82) is 0 Å². The molecular weight excluding hydrogens is 338 g/mol. The van der Waals surface area contributed by atoms with Gasteiger partial charge >= 0.3 is 0 Å². The van der Waals surface area contributed by atoms with Crippen LogP contribution in [0.25, 0.3) is 0 Å². The van der Waals surface area contributed by atoms with Gasteiger partial charge in [-0.15, -0.1) is 0 Å². The molecule has 6 heteroatoms. The summed E-state index contributed by atoms with van der Waals surface area (Å²) in [7, 11) is 0. The number of oxime groups is 1. The van der Waals surface area contributed by atoms with Crippen molar-refractivity contribution in [3.8, 4) is 0 Å². The second-order valence-corrected chi connectivity index (χ2v) is 6.23. The fourth-order valence-electron chi connectivity index (χ4n) is 2.49. The van der Waals surface area contributed by atoms with Crippen molar-refractivity contribution in [2.75, 3.05) is 6.54 Å². The number of halogens is 3. The third-order valence-corrected chi connectivity index (χ3v) is 4.48. The van der Waals surface area contributed by atoms with E-state index in [2.05, 4.69) is 5.16 Å². The lowest BCUT2D eigenvalue weighted by Gasteiger charge is -2.07. The molecule has 0 amide bonds. The lowest BCUT2D eigenvalue weighted by molar-refractivity contribution is -0.676. The van der Waals surface area contributed by atoms with E-state index in [0.717, 1.165) is 11.3 Å². The molecule has 0 aliphatic carbocycles. The van der Waals surface area contributed by atoms with Crippen LogP contribution in [0.4, 0.5) is 4.39 Å². The van der Waals surface area contributed by atoms with Crippen LogP contribution in [0, 0.1) is 5.82 Å². The zero-order valence-corrected chi connectivity index (χ0v) is 13.8. The van der Waals surface area contributed by atoms with Crippen molar-refractivity contribution in [1.82, 2.24) is 0 Å². The molecular formula is C17H16Cl2FN2O+. The smallest absolute Gasteiger partial charge is 0.181 e. The van der Waals surface area contributed by atoms with Gasteiger partial charge in [-0.1, -0.05) is 52.6 Å². The molecule has 120 valence electrons. The van der Waals surface area contributed by atoms with Crippen LogP contribution in [0.3, 0.4) is 0 Å². The number of hydrogen-bond acceptors (Lipinski definition) is 2. The molecule has 2 aromatic rings. The molecule has 0 unspecified atom stereocenters.